The maximum absolute atomic E-state index is 13.8. The van der Waals surface area contributed by atoms with Gasteiger partial charge in [-0.3, -0.25) is 19.7 Å². The number of Topliss-reactive ketones (excluding diaryl/α,β-unsaturated/α-hetero) is 1. The number of carbonyl (C=O) groups excluding carboxylic acids is 3. The fraction of sp³-hybridized carbons (Fsp3) is 0.559. The Hall–Kier alpha value is -3.08. The van der Waals surface area contributed by atoms with E-state index >= 15 is 0 Å². The van der Waals surface area contributed by atoms with Crippen LogP contribution < -0.4 is 10.1 Å². The molecule has 0 amide bonds. The van der Waals surface area contributed by atoms with Crippen LogP contribution in [0.25, 0.3) is 0 Å². The van der Waals surface area contributed by atoms with Crippen molar-refractivity contribution in [3.05, 3.63) is 51.6 Å². The first kappa shape index (κ1) is 34.8. The number of benzene rings is 2. The molecular weight excluding hydrogens is 646 g/mol. The van der Waals surface area contributed by atoms with Crippen LogP contribution in [0.4, 0.5) is 0 Å². The molecule has 6 rings (SSSR count). The first-order chi connectivity index (χ1) is 23.1. The lowest BCUT2D eigenvalue weighted by molar-refractivity contribution is -0.289. The van der Waals surface area contributed by atoms with Crippen LogP contribution >= 0.6 is 12.6 Å². The number of morpholine rings is 1. The third-order valence-corrected chi connectivity index (χ3v) is 9.92. The smallest absolute Gasteiger partial charge is 0.202 e. The fourth-order valence-corrected chi connectivity index (χ4v) is 7.50. The molecule has 0 radical (unpaired) electrons. The predicted octanol–water partition coefficient (Wildman–Crippen LogP) is 2.58. The van der Waals surface area contributed by atoms with Gasteiger partial charge in [0.2, 0.25) is 5.78 Å². The number of ketones is 3. The van der Waals surface area contributed by atoms with E-state index in [2.05, 4.69) is 17.9 Å². The van der Waals surface area contributed by atoms with Gasteiger partial charge < -0.3 is 43.7 Å². The van der Waals surface area contributed by atoms with Gasteiger partial charge in [-0.25, -0.2) is 0 Å². The number of nitrogens with one attached hydrogen (secondary N) is 1. The van der Waals surface area contributed by atoms with Gasteiger partial charge in [-0.05, 0) is 44.4 Å². The zero-order valence-corrected chi connectivity index (χ0v) is 27.9. The standard InChI is InChI=1S/C34H41NO12S/c1-15-21(47-33-34(43-3)45-17(9-10-48)13-35-33)7-8-24(44-15)46-23-12-16(20(37)14-36)11-19-26(23)32(41)28-27(30(19)39)29(38)18-5-4-6-22(42-2)25(18)31(28)40/h4-6,15-17,21,23-24,33-36,39,41,48H,7-14H2,1-3H3/t15-,16?,17?,21-,23-,24-,33+,34-/m0/s1. The highest BCUT2D eigenvalue weighted by molar-refractivity contribution is 7.80. The summed E-state index contributed by atoms with van der Waals surface area (Å²) in [6.07, 6.45) is -2.13. The van der Waals surface area contributed by atoms with Crippen molar-refractivity contribution in [3.63, 3.8) is 0 Å². The van der Waals surface area contributed by atoms with Crippen molar-refractivity contribution in [2.45, 2.75) is 82.3 Å². The fourth-order valence-electron chi connectivity index (χ4n) is 7.22. The summed E-state index contributed by atoms with van der Waals surface area (Å²) in [6, 6.07) is 4.54. The maximum atomic E-state index is 13.8. The first-order valence-corrected chi connectivity index (χ1v) is 16.7. The van der Waals surface area contributed by atoms with E-state index in [-0.39, 0.29) is 64.2 Å². The average Bonchev–Trinajstić information content (AvgIpc) is 3.09. The number of aliphatic hydroxyl groups is 1. The number of carbonyl (C=O) groups is 3. The van der Waals surface area contributed by atoms with E-state index < -0.39 is 72.4 Å². The minimum atomic E-state index is -1.02. The van der Waals surface area contributed by atoms with Crippen LogP contribution in [-0.4, -0.2) is 103 Å². The van der Waals surface area contributed by atoms with Crippen LogP contribution in [0, 0.1) is 5.92 Å². The average molecular weight is 688 g/mol. The molecule has 4 aliphatic rings. The second-order valence-corrected chi connectivity index (χ2v) is 12.9. The quantitative estimate of drug-likeness (QED) is 0.155. The molecule has 2 heterocycles. The molecule has 2 fully saturated rings. The molecule has 48 heavy (non-hydrogen) atoms. The third kappa shape index (κ3) is 6.24. The summed E-state index contributed by atoms with van der Waals surface area (Å²) in [4.78, 5) is 40.3. The normalized spacial score (nSPS) is 29.9. The number of phenolic OH excluding ortho intramolecular Hbond substituents is 2. The summed E-state index contributed by atoms with van der Waals surface area (Å²) < 4.78 is 35.8. The van der Waals surface area contributed by atoms with Gasteiger partial charge in [0.05, 0.1) is 48.2 Å². The largest absolute Gasteiger partial charge is 0.507 e. The number of hydrogen-bond donors (Lipinski definition) is 5. The summed E-state index contributed by atoms with van der Waals surface area (Å²) in [6.45, 7) is 1.69. The highest BCUT2D eigenvalue weighted by atomic mass is 32.1. The summed E-state index contributed by atoms with van der Waals surface area (Å²) in [5.41, 5.74) is -0.482. The van der Waals surface area contributed by atoms with Crippen LogP contribution in [0.15, 0.2) is 18.2 Å². The molecule has 2 aromatic carbocycles. The summed E-state index contributed by atoms with van der Waals surface area (Å²) in [5, 5.41) is 36.3. The molecule has 13 nitrogen and oxygen atoms in total. The molecule has 2 aromatic rings. The molecule has 0 saturated carbocycles. The number of aliphatic hydroxyl groups excluding tert-OH is 1. The second-order valence-electron chi connectivity index (χ2n) is 12.5. The Morgan fingerprint density at radius 3 is 2.50 bits per heavy atom. The number of fused-ring (bicyclic) bond motifs is 3. The SMILES string of the molecule is COc1cccc2c1C(=O)c1c(O)c3c(c(O)c1C2=O)CC(C(=O)CO)C[C@@H]3O[C@H]1CC[C@H](O[C@H]2NCC(CCS)O[C@@H]2OC)[C@H](C)O1. The van der Waals surface area contributed by atoms with Gasteiger partial charge in [0.25, 0.3) is 0 Å². The number of aromatic hydroxyl groups is 2. The van der Waals surface area contributed by atoms with Crippen molar-refractivity contribution in [3.8, 4) is 17.2 Å². The zero-order valence-electron chi connectivity index (χ0n) is 27.0. The number of hydrogen-bond acceptors (Lipinski definition) is 14. The molecule has 2 saturated heterocycles. The van der Waals surface area contributed by atoms with Crippen molar-refractivity contribution in [1.29, 1.82) is 0 Å². The zero-order chi connectivity index (χ0) is 34.3. The molecule has 0 spiro atoms. The Kier molecular flexibility index (Phi) is 10.4. The molecule has 260 valence electrons. The lowest BCUT2D eigenvalue weighted by Gasteiger charge is -2.42. The van der Waals surface area contributed by atoms with Crippen molar-refractivity contribution in [1.82, 2.24) is 5.32 Å². The van der Waals surface area contributed by atoms with Crippen LogP contribution in [0.5, 0.6) is 17.2 Å². The topological polar surface area (TPSA) is 179 Å². The number of rotatable bonds is 10. The van der Waals surface area contributed by atoms with Crippen molar-refractivity contribution in [2.75, 3.05) is 33.1 Å². The van der Waals surface area contributed by atoms with Crippen molar-refractivity contribution < 1.29 is 58.1 Å². The van der Waals surface area contributed by atoms with Gasteiger partial charge >= 0.3 is 0 Å². The Morgan fingerprint density at radius 1 is 1.04 bits per heavy atom. The van der Waals surface area contributed by atoms with E-state index in [4.69, 9.17) is 28.4 Å². The summed E-state index contributed by atoms with van der Waals surface area (Å²) >= 11 is 4.28. The second kappa shape index (κ2) is 14.4. The summed E-state index contributed by atoms with van der Waals surface area (Å²) in [5.74, 6) is -2.81. The van der Waals surface area contributed by atoms with E-state index in [1.807, 2.05) is 6.92 Å². The Morgan fingerprint density at radius 2 is 1.81 bits per heavy atom. The number of methoxy groups -OCH3 is 2. The molecular formula is C34H41NO12S. The van der Waals surface area contributed by atoms with Crippen LogP contribution in [-0.2, 0) is 34.9 Å². The minimum Gasteiger partial charge on any atom is -0.507 e. The molecule has 2 unspecified atom stereocenters. The molecule has 0 aromatic heterocycles. The highest BCUT2D eigenvalue weighted by Gasteiger charge is 2.45. The lowest BCUT2D eigenvalue weighted by atomic mass is 9.73. The van der Waals surface area contributed by atoms with Gasteiger partial charge in [-0.15, -0.1) is 0 Å². The van der Waals surface area contributed by atoms with Gasteiger partial charge in [-0.1, -0.05) is 12.1 Å². The van der Waals surface area contributed by atoms with Crippen molar-refractivity contribution in [2.24, 2.45) is 5.92 Å². The van der Waals surface area contributed by atoms with Crippen LogP contribution in [0.2, 0.25) is 0 Å². The Bertz CT molecular complexity index is 1580. The van der Waals surface area contributed by atoms with Crippen molar-refractivity contribution >= 4 is 30.0 Å². The molecule has 0 bridgehead atoms. The molecule has 8 atom stereocenters. The minimum absolute atomic E-state index is 0.0185. The first-order valence-electron chi connectivity index (χ1n) is 16.1. The Labute approximate surface area is 283 Å². The molecule has 2 aliphatic heterocycles. The van der Waals surface area contributed by atoms with E-state index in [0.29, 0.717) is 25.1 Å². The van der Waals surface area contributed by atoms with E-state index in [1.54, 1.807) is 13.2 Å². The third-order valence-electron chi connectivity index (χ3n) is 9.66. The number of thiol groups is 1. The van der Waals surface area contributed by atoms with E-state index in [1.165, 1.54) is 19.2 Å². The van der Waals surface area contributed by atoms with E-state index in [9.17, 15) is 29.7 Å². The van der Waals surface area contributed by atoms with Crippen LogP contribution in [0.1, 0.15) is 81.7 Å². The summed E-state index contributed by atoms with van der Waals surface area (Å²) in [7, 11) is 2.92. The molecule has 2 aliphatic carbocycles. The van der Waals surface area contributed by atoms with Gasteiger partial charge in [0.15, 0.2) is 30.4 Å². The Balaban J connectivity index is 1.26. The van der Waals surface area contributed by atoms with Gasteiger partial charge in [-0.2, -0.15) is 12.6 Å². The lowest BCUT2D eigenvalue weighted by Crippen LogP contribution is -2.57. The number of phenols is 2. The monoisotopic (exact) mass is 687 g/mol. The maximum Gasteiger partial charge on any atom is 0.202 e. The van der Waals surface area contributed by atoms with E-state index in [0.717, 1.165) is 6.42 Å². The predicted molar refractivity (Wildman–Crippen MR) is 172 cm³/mol. The van der Waals surface area contributed by atoms with Gasteiger partial charge in [0.1, 0.15) is 23.9 Å². The van der Waals surface area contributed by atoms with Crippen LogP contribution in [0.3, 0.4) is 0 Å². The molecule has 4 N–H and O–H groups in total. The molecule has 14 heteroatoms. The van der Waals surface area contributed by atoms with Gasteiger partial charge in [0, 0.05) is 42.7 Å². The highest BCUT2D eigenvalue weighted by Crippen LogP contribution is 2.51. The number of ether oxygens (including phenoxy) is 6.